The summed E-state index contributed by atoms with van der Waals surface area (Å²) < 4.78 is 71.3. The molecule has 0 unspecified atom stereocenters. The summed E-state index contributed by atoms with van der Waals surface area (Å²) in [5.41, 5.74) is 0.420. The minimum Gasteiger partial charge on any atom is -0.406 e. The Morgan fingerprint density at radius 2 is 1.64 bits per heavy atom. The molecule has 2 aromatic rings. The zero-order valence-electron chi connectivity index (χ0n) is 14.6. The van der Waals surface area contributed by atoms with Crippen LogP contribution in [0.3, 0.4) is 0 Å². The second-order valence-electron chi connectivity index (χ2n) is 5.44. The van der Waals surface area contributed by atoms with Crippen LogP contribution in [0.1, 0.15) is 10.4 Å². The maximum absolute atomic E-state index is 12.2. The number of hydrogen-bond donors (Lipinski definition) is 2. The number of amides is 1. The van der Waals surface area contributed by atoms with E-state index in [1.807, 2.05) is 0 Å². The Morgan fingerprint density at radius 1 is 1.04 bits per heavy atom. The predicted octanol–water partition coefficient (Wildman–Crippen LogP) is 2.76. The molecule has 0 atom stereocenters. The van der Waals surface area contributed by atoms with Gasteiger partial charge in [0.25, 0.3) is 5.91 Å². The smallest absolute Gasteiger partial charge is 0.406 e. The standard InChI is InChI=1S/C17H17F3N2O5S/c1-26-11-10-21-28(24,25)15-8-2-12(3-9-15)16(23)22-13-4-6-14(7-5-13)27-17(18,19)20/h2-9,21H,10-11H2,1H3,(H,22,23). The molecule has 7 nitrogen and oxygen atoms in total. The SMILES string of the molecule is COCCNS(=O)(=O)c1ccc(C(=O)Nc2ccc(OC(F)(F)F)cc2)cc1. The van der Waals surface area contributed by atoms with Gasteiger partial charge in [0.1, 0.15) is 5.75 Å². The van der Waals surface area contributed by atoms with E-state index in [9.17, 15) is 26.4 Å². The monoisotopic (exact) mass is 418 g/mol. The average molecular weight is 418 g/mol. The second kappa shape index (κ2) is 9.04. The van der Waals surface area contributed by atoms with E-state index in [1.54, 1.807) is 0 Å². The van der Waals surface area contributed by atoms with Gasteiger partial charge in [-0.2, -0.15) is 0 Å². The van der Waals surface area contributed by atoms with Crippen molar-refractivity contribution in [1.29, 1.82) is 0 Å². The molecule has 0 fully saturated rings. The van der Waals surface area contributed by atoms with E-state index in [1.165, 1.54) is 43.5 Å². The van der Waals surface area contributed by atoms with Crippen LogP contribution in [0.5, 0.6) is 5.75 Å². The Balaban J connectivity index is 2.01. The number of ether oxygens (including phenoxy) is 2. The third kappa shape index (κ3) is 6.51. The summed E-state index contributed by atoms with van der Waals surface area (Å²) in [6.07, 6.45) is -4.80. The third-order valence-corrected chi connectivity index (χ3v) is 4.85. The minimum absolute atomic E-state index is 0.0196. The van der Waals surface area contributed by atoms with Crippen LogP contribution in [-0.4, -0.2) is 40.9 Å². The first-order valence-electron chi connectivity index (χ1n) is 7.86. The number of sulfonamides is 1. The Morgan fingerprint density at radius 3 is 2.18 bits per heavy atom. The Kier molecular flexibility index (Phi) is 7.00. The van der Waals surface area contributed by atoms with Crippen LogP contribution in [0.15, 0.2) is 53.4 Å². The fourth-order valence-corrected chi connectivity index (χ4v) is 3.10. The molecule has 0 saturated heterocycles. The van der Waals surface area contributed by atoms with Crippen LogP contribution in [0, 0.1) is 0 Å². The van der Waals surface area contributed by atoms with Crippen molar-refractivity contribution in [3.05, 3.63) is 54.1 Å². The molecule has 2 rings (SSSR count). The first-order chi connectivity index (χ1) is 13.1. The summed E-state index contributed by atoms with van der Waals surface area (Å²) in [5.74, 6) is -0.971. The van der Waals surface area contributed by atoms with Crippen LogP contribution in [0.2, 0.25) is 0 Å². The zero-order valence-corrected chi connectivity index (χ0v) is 15.4. The molecular weight excluding hydrogens is 401 g/mol. The highest BCUT2D eigenvalue weighted by atomic mass is 32.2. The van der Waals surface area contributed by atoms with E-state index in [0.717, 1.165) is 12.1 Å². The van der Waals surface area contributed by atoms with Crippen molar-refractivity contribution < 1.29 is 35.9 Å². The van der Waals surface area contributed by atoms with Gasteiger partial charge in [0.15, 0.2) is 0 Å². The number of carbonyl (C=O) groups is 1. The maximum Gasteiger partial charge on any atom is 0.573 e. The number of anilines is 1. The van der Waals surface area contributed by atoms with E-state index in [-0.39, 0.29) is 29.3 Å². The van der Waals surface area contributed by atoms with Gasteiger partial charge < -0.3 is 14.8 Å². The van der Waals surface area contributed by atoms with Gasteiger partial charge in [-0.05, 0) is 48.5 Å². The number of hydrogen-bond acceptors (Lipinski definition) is 5. The van der Waals surface area contributed by atoms with Gasteiger partial charge in [-0.1, -0.05) is 0 Å². The third-order valence-electron chi connectivity index (χ3n) is 3.37. The quantitative estimate of drug-likeness (QED) is 0.643. The Bertz CT molecular complexity index is 898. The first kappa shape index (κ1) is 21.7. The highest BCUT2D eigenvalue weighted by molar-refractivity contribution is 7.89. The van der Waals surface area contributed by atoms with Gasteiger partial charge in [-0.15, -0.1) is 13.2 Å². The van der Waals surface area contributed by atoms with E-state index < -0.39 is 28.0 Å². The lowest BCUT2D eigenvalue weighted by Crippen LogP contribution is -2.27. The minimum atomic E-state index is -4.80. The number of carbonyl (C=O) groups excluding carboxylic acids is 1. The summed E-state index contributed by atoms with van der Waals surface area (Å²) in [7, 11) is -2.28. The lowest BCUT2D eigenvalue weighted by molar-refractivity contribution is -0.274. The number of rotatable bonds is 8. The van der Waals surface area contributed by atoms with Crippen molar-refractivity contribution in [1.82, 2.24) is 4.72 Å². The number of alkyl halides is 3. The number of nitrogens with one attached hydrogen (secondary N) is 2. The second-order valence-corrected chi connectivity index (χ2v) is 7.21. The summed E-state index contributed by atoms with van der Waals surface area (Å²) in [5, 5.41) is 2.49. The average Bonchev–Trinajstić information content (AvgIpc) is 2.62. The van der Waals surface area contributed by atoms with Crippen LogP contribution < -0.4 is 14.8 Å². The summed E-state index contributed by atoms with van der Waals surface area (Å²) in [6.45, 7) is 0.321. The molecule has 0 aliphatic heterocycles. The molecule has 152 valence electrons. The van der Waals surface area contributed by atoms with Gasteiger partial charge in [0.2, 0.25) is 10.0 Å². The zero-order chi connectivity index (χ0) is 20.8. The lowest BCUT2D eigenvalue weighted by Gasteiger charge is -2.10. The number of methoxy groups -OCH3 is 1. The molecule has 0 bridgehead atoms. The molecule has 0 aliphatic rings. The molecule has 11 heteroatoms. The van der Waals surface area contributed by atoms with Gasteiger partial charge in [-0.3, -0.25) is 4.79 Å². The highest BCUT2D eigenvalue weighted by Crippen LogP contribution is 2.24. The molecule has 28 heavy (non-hydrogen) atoms. The normalized spacial score (nSPS) is 11.9. The van der Waals surface area contributed by atoms with E-state index in [0.29, 0.717) is 0 Å². The molecule has 0 saturated carbocycles. The van der Waals surface area contributed by atoms with Crippen molar-refractivity contribution in [3.63, 3.8) is 0 Å². The van der Waals surface area contributed by atoms with Gasteiger partial charge in [0.05, 0.1) is 11.5 Å². The molecule has 0 radical (unpaired) electrons. The topological polar surface area (TPSA) is 93.7 Å². The molecule has 1 amide bonds. The van der Waals surface area contributed by atoms with E-state index in [2.05, 4.69) is 14.8 Å². The predicted molar refractivity (Wildman–Crippen MR) is 94.6 cm³/mol. The van der Waals surface area contributed by atoms with Crippen LogP contribution in [0.25, 0.3) is 0 Å². The molecular formula is C17H17F3N2O5S. The molecule has 2 aromatic carbocycles. The van der Waals surface area contributed by atoms with Crippen molar-refractivity contribution in [2.45, 2.75) is 11.3 Å². The van der Waals surface area contributed by atoms with Crippen molar-refractivity contribution in [2.24, 2.45) is 0 Å². The number of benzene rings is 2. The number of halogens is 3. The Labute approximate surface area is 159 Å². The Hall–Kier alpha value is -2.63. The van der Waals surface area contributed by atoms with Crippen LogP contribution >= 0.6 is 0 Å². The molecule has 0 aromatic heterocycles. The fourth-order valence-electron chi connectivity index (χ4n) is 2.09. The van der Waals surface area contributed by atoms with Crippen molar-refractivity contribution in [2.75, 3.05) is 25.6 Å². The summed E-state index contributed by atoms with van der Waals surface area (Å²) >= 11 is 0. The molecule has 0 heterocycles. The maximum atomic E-state index is 12.2. The van der Waals surface area contributed by atoms with Crippen molar-refractivity contribution in [3.8, 4) is 5.75 Å². The van der Waals surface area contributed by atoms with Crippen LogP contribution in [0.4, 0.5) is 18.9 Å². The molecule has 0 aliphatic carbocycles. The van der Waals surface area contributed by atoms with Gasteiger partial charge >= 0.3 is 6.36 Å². The fraction of sp³-hybridized carbons (Fsp3) is 0.235. The van der Waals surface area contributed by atoms with Gasteiger partial charge in [0, 0.05) is 24.9 Å². The van der Waals surface area contributed by atoms with Crippen LogP contribution in [-0.2, 0) is 14.8 Å². The van der Waals surface area contributed by atoms with E-state index >= 15 is 0 Å². The highest BCUT2D eigenvalue weighted by Gasteiger charge is 2.31. The van der Waals surface area contributed by atoms with E-state index in [4.69, 9.17) is 4.74 Å². The van der Waals surface area contributed by atoms with Crippen molar-refractivity contribution >= 4 is 21.6 Å². The molecule has 0 spiro atoms. The summed E-state index contributed by atoms with van der Waals surface area (Å²) in [4.78, 5) is 12.2. The largest absolute Gasteiger partial charge is 0.573 e. The lowest BCUT2D eigenvalue weighted by atomic mass is 10.2. The molecule has 2 N–H and O–H groups in total. The summed E-state index contributed by atoms with van der Waals surface area (Å²) in [6, 6.07) is 9.79. The first-order valence-corrected chi connectivity index (χ1v) is 9.35. The van der Waals surface area contributed by atoms with Gasteiger partial charge in [-0.25, -0.2) is 13.1 Å².